The quantitative estimate of drug-likeness (QED) is 0.623. The fraction of sp³-hybridized carbons (Fsp3) is 0.375. The van der Waals surface area contributed by atoms with Gasteiger partial charge in [0.05, 0.1) is 5.69 Å². The summed E-state index contributed by atoms with van der Waals surface area (Å²) in [5, 5.41) is 14.8. The third-order valence-electron chi connectivity index (χ3n) is 1.99. The van der Waals surface area contributed by atoms with E-state index in [-0.39, 0.29) is 17.3 Å². The molecule has 1 unspecified atom stereocenters. The van der Waals surface area contributed by atoms with Gasteiger partial charge in [-0.25, -0.2) is 4.79 Å². The molecule has 0 radical (unpaired) electrons. The van der Waals surface area contributed by atoms with Crippen LogP contribution in [0.5, 0.6) is 0 Å². The summed E-state index contributed by atoms with van der Waals surface area (Å²) in [5.74, 6) is -1.48. The predicted octanol–water partition coefficient (Wildman–Crippen LogP) is -0.529. The van der Waals surface area contributed by atoms with Gasteiger partial charge in [-0.3, -0.25) is 9.48 Å². The van der Waals surface area contributed by atoms with Crippen LogP contribution in [-0.4, -0.2) is 33.8 Å². The molecule has 1 heterocycles. The molecule has 0 saturated carbocycles. The van der Waals surface area contributed by atoms with Gasteiger partial charge in [0.1, 0.15) is 6.04 Å². The van der Waals surface area contributed by atoms with Crippen molar-refractivity contribution in [1.29, 1.82) is 0 Å². The molecule has 0 fully saturated rings. The summed E-state index contributed by atoms with van der Waals surface area (Å²) in [6, 6.07) is -0.592. The Hall–Kier alpha value is -2.05. The van der Waals surface area contributed by atoms with E-state index in [1.54, 1.807) is 6.92 Å². The maximum absolute atomic E-state index is 11.2. The highest BCUT2D eigenvalue weighted by molar-refractivity contribution is 5.91. The van der Waals surface area contributed by atoms with E-state index in [1.165, 1.54) is 17.9 Å². The first-order valence-electron chi connectivity index (χ1n) is 4.27. The number of rotatable bonds is 3. The first kappa shape index (κ1) is 11.0. The van der Waals surface area contributed by atoms with Crippen molar-refractivity contribution in [3.63, 3.8) is 0 Å². The average Bonchev–Trinajstić information content (AvgIpc) is 2.58. The Bertz CT molecular complexity index is 399. The minimum Gasteiger partial charge on any atom is -0.476 e. The van der Waals surface area contributed by atoms with Crippen LogP contribution in [0.2, 0.25) is 0 Å². The molecule has 15 heavy (non-hydrogen) atoms. The lowest BCUT2D eigenvalue weighted by atomic mass is 10.3. The van der Waals surface area contributed by atoms with E-state index in [2.05, 4.69) is 10.4 Å². The molecule has 0 aromatic carbocycles. The summed E-state index contributed by atoms with van der Waals surface area (Å²) in [7, 11) is 1.49. The number of nitrogens with two attached hydrogens (primary N) is 1. The molecule has 7 heteroatoms. The molecule has 1 amide bonds. The number of nitrogens with one attached hydrogen (secondary N) is 1. The molecule has 1 rings (SSSR count). The summed E-state index contributed by atoms with van der Waals surface area (Å²) in [4.78, 5) is 21.9. The molecule has 0 bridgehead atoms. The summed E-state index contributed by atoms with van der Waals surface area (Å²) in [6.45, 7) is 1.59. The molecule has 1 atom stereocenters. The molecule has 7 nitrogen and oxygen atoms in total. The second-order valence-electron chi connectivity index (χ2n) is 3.01. The molecule has 0 saturated heterocycles. The van der Waals surface area contributed by atoms with Crippen LogP contribution in [-0.2, 0) is 4.79 Å². The topological polar surface area (TPSA) is 110 Å². The summed E-state index contributed by atoms with van der Waals surface area (Å²) in [5.41, 5.74) is 5.22. The Balaban J connectivity index is 3.02. The van der Waals surface area contributed by atoms with Crippen LogP contribution in [0.25, 0.3) is 0 Å². The van der Waals surface area contributed by atoms with E-state index in [9.17, 15) is 9.59 Å². The zero-order valence-electron chi connectivity index (χ0n) is 8.39. The van der Waals surface area contributed by atoms with Crippen LogP contribution < -0.4 is 11.1 Å². The summed E-state index contributed by atoms with van der Waals surface area (Å²) >= 11 is 0. The van der Waals surface area contributed by atoms with Crippen molar-refractivity contribution in [2.75, 3.05) is 12.8 Å². The number of nitrogen functional groups attached to an aromatic ring is 1. The maximum atomic E-state index is 11.2. The number of carboxylic acid groups (broad SMARTS) is 1. The van der Waals surface area contributed by atoms with E-state index in [0.29, 0.717) is 0 Å². The number of anilines is 1. The Kier molecular flexibility index (Phi) is 2.93. The van der Waals surface area contributed by atoms with Gasteiger partial charge in [-0.2, -0.15) is 5.10 Å². The van der Waals surface area contributed by atoms with Crippen LogP contribution in [0.4, 0.5) is 5.69 Å². The molecule has 4 N–H and O–H groups in total. The lowest BCUT2D eigenvalue weighted by Crippen LogP contribution is -2.28. The number of carbonyl (C=O) groups excluding carboxylic acids is 1. The fourth-order valence-corrected chi connectivity index (χ4v) is 1.10. The standard InChI is InChI=1S/C8H12N4O3/c1-4(7(13)10-2)12-3-5(9)6(11-12)8(14)15/h3-4H,9H2,1-2H3,(H,10,13)(H,14,15). The van der Waals surface area contributed by atoms with Gasteiger partial charge >= 0.3 is 5.97 Å². The van der Waals surface area contributed by atoms with Gasteiger partial charge in [-0.15, -0.1) is 0 Å². The van der Waals surface area contributed by atoms with Crippen molar-refractivity contribution in [2.24, 2.45) is 0 Å². The van der Waals surface area contributed by atoms with Crippen molar-refractivity contribution >= 4 is 17.6 Å². The lowest BCUT2D eigenvalue weighted by Gasteiger charge is -2.09. The molecule has 0 aliphatic rings. The van der Waals surface area contributed by atoms with E-state index >= 15 is 0 Å². The second-order valence-corrected chi connectivity index (χ2v) is 3.01. The monoisotopic (exact) mass is 212 g/mol. The third kappa shape index (κ3) is 2.06. The number of aromatic nitrogens is 2. The first-order chi connectivity index (χ1) is 6.97. The zero-order valence-corrected chi connectivity index (χ0v) is 8.39. The molecule has 0 spiro atoms. The molecule has 1 aromatic rings. The van der Waals surface area contributed by atoms with Crippen LogP contribution in [0.15, 0.2) is 6.20 Å². The van der Waals surface area contributed by atoms with Crippen molar-refractivity contribution in [1.82, 2.24) is 15.1 Å². The number of likely N-dealkylation sites (N-methyl/N-ethyl adjacent to an activating group) is 1. The fourth-order valence-electron chi connectivity index (χ4n) is 1.10. The second kappa shape index (κ2) is 3.99. The highest BCUT2D eigenvalue weighted by Gasteiger charge is 2.19. The number of hydrogen-bond acceptors (Lipinski definition) is 4. The van der Waals surface area contributed by atoms with Gasteiger partial charge in [0.2, 0.25) is 5.91 Å². The van der Waals surface area contributed by atoms with Crippen molar-refractivity contribution in [3.05, 3.63) is 11.9 Å². The maximum Gasteiger partial charge on any atom is 0.358 e. The molecule has 0 aliphatic heterocycles. The number of nitrogens with zero attached hydrogens (tertiary/aromatic N) is 2. The highest BCUT2D eigenvalue weighted by atomic mass is 16.4. The summed E-state index contributed by atoms with van der Waals surface area (Å²) in [6.07, 6.45) is 1.32. The van der Waals surface area contributed by atoms with Gasteiger partial charge in [0, 0.05) is 13.2 Å². The molecular weight excluding hydrogens is 200 g/mol. The Morgan fingerprint density at radius 2 is 2.27 bits per heavy atom. The number of carboxylic acids is 1. The molecular formula is C8H12N4O3. The van der Waals surface area contributed by atoms with Crippen LogP contribution in [0.3, 0.4) is 0 Å². The van der Waals surface area contributed by atoms with E-state index in [1.807, 2.05) is 0 Å². The number of aromatic carboxylic acids is 1. The molecule has 1 aromatic heterocycles. The smallest absolute Gasteiger partial charge is 0.358 e. The van der Waals surface area contributed by atoms with Gasteiger partial charge in [0.25, 0.3) is 0 Å². The predicted molar refractivity (Wildman–Crippen MR) is 52.4 cm³/mol. The Labute approximate surface area is 85.9 Å². The van der Waals surface area contributed by atoms with Crippen LogP contribution in [0, 0.1) is 0 Å². The lowest BCUT2D eigenvalue weighted by molar-refractivity contribution is -0.123. The average molecular weight is 212 g/mol. The van der Waals surface area contributed by atoms with Crippen LogP contribution in [0.1, 0.15) is 23.5 Å². The minimum absolute atomic E-state index is 0.0400. The Morgan fingerprint density at radius 1 is 1.67 bits per heavy atom. The number of amides is 1. The highest BCUT2D eigenvalue weighted by Crippen LogP contribution is 2.13. The van der Waals surface area contributed by atoms with Crippen molar-refractivity contribution < 1.29 is 14.7 Å². The summed E-state index contributed by atoms with van der Waals surface area (Å²) < 4.78 is 1.22. The van der Waals surface area contributed by atoms with Gasteiger partial charge in [0.15, 0.2) is 5.69 Å². The largest absolute Gasteiger partial charge is 0.476 e. The van der Waals surface area contributed by atoms with E-state index in [0.717, 1.165) is 0 Å². The number of hydrogen-bond donors (Lipinski definition) is 3. The van der Waals surface area contributed by atoms with Crippen molar-refractivity contribution in [2.45, 2.75) is 13.0 Å². The number of carbonyl (C=O) groups is 2. The third-order valence-corrected chi connectivity index (χ3v) is 1.99. The van der Waals surface area contributed by atoms with Crippen molar-refractivity contribution in [3.8, 4) is 0 Å². The van der Waals surface area contributed by atoms with Gasteiger partial charge < -0.3 is 16.2 Å². The van der Waals surface area contributed by atoms with E-state index in [4.69, 9.17) is 10.8 Å². The SMILES string of the molecule is CNC(=O)C(C)n1cc(N)c(C(=O)O)n1. The van der Waals surface area contributed by atoms with Crippen LogP contribution >= 0.6 is 0 Å². The Morgan fingerprint density at radius 3 is 2.67 bits per heavy atom. The normalized spacial score (nSPS) is 12.1. The van der Waals surface area contributed by atoms with Gasteiger partial charge in [-0.05, 0) is 6.92 Å². The minimum atomic E-state index is -1.21. The molecule has 82 valence electrons. The van der Waals surface area contributed by atoms with Gasteiger partial charge in [-0.1, -0.05) is 0 Å². The molecule has 0 aliphatic carbocycles. The zero-order chi connectivity index (χ0) is 11.6. The first-order valence-corrected chi connectivity index (χ1v) is 4.27. The van der Waals surface area contributed by atoms with E-state index < -0.39 is 12.0 Å².